The first-order valence-corrected chi connectivity index (χ1v) is 10.3. The van der Waals surface area contributed by atoms with Crippen LogP contribution in [0.25, 0.3) is 22.4 Å². The molecular weight excluding hydrogens is 316 g/mol. The molecular formula is C24H29N2+. The van der Waals surface area contributed by atoms with Crippen molar-refractivity contribution in [1.82, 2.24) is 4.57 Å². The van der Waals surface area contributed by atoms with Crippen LogP contribution in [-0.2, 0) is 20.0 Å². The molecule has 1 aliphatic heterocycles. The van der Waals surface area contributed by atoms with Gasteiger partial charge in [0.25, 0.3) is 5.82 Å². The Kier molecular flexibility index (Phi) is 3.70. The first-order valence-electron chi connectivity index (χ1n) is 10.3. The fraction of sp³-hybridized carbons (Fsp3) is 0.458. The topological polar surface area (TPSA) is 8.81 Å². The van der Waals surface area contributed by atoms with Gasteiger partial charge in [0.05, 0.1) is 19.2 Å². The molecule has 0 unspecified atom stereocenters. The molecule has 2 nitrogen and oxygen atoms in total. The third-order valence-corrected chi connectivity index (χ3v) is 6.67. The first-order chi connectivity index (χ1) is 12.6. The minimum absolute atomic E-state index is 0.783. The third kappa shape index (κ3) is 2.35. The number of hydrogen-bond acceptors (Lipinski definition) is 0. The summed E-state index contributed by atoms with van der Waals surface area (Å²) in [6, 6.07) is 11.9. The quantitative estimate of drug-likeness (QED) is 0.553. The molecule has 1 saturated carbocycles. The number of hydrogen-bond donors (Lipinski definition) is 0. The average molecular weight is 346 g/mol. The van der Waals surface area contributed by atoms with Gasteiger partial charge in [-0.3, -0.25) is 0 Å². The van der Waals surface area contributed by atoms with E-state index >= 15 is 0 Å². The summed E-state index contributed by atoms with van der Waals surface area (Å²) in [6.07, 6.45) is 8.03. The van der Waals surface area contributed by atoms with E-state index < -0.39 is 0 Å². The maximum Gasteiger partial charge on any atom is 0.289 e. The molecule has 2 heterocycles. The second-order valence-electron chi connectivity index (χ2n) is 8.49. The van der Waals surface area contributed by atoms with Crippen molar-refractivity contribution < 1.29 is 4.57 Å². The zero-order valence-corrected chi connectivity index (χ0v) is 16.3. The lowest BCUT2D eigenvalue weighted by molar-refractivity contribution is -0.664. The molecule has 1 fully saturated rings. The average Bonchev–Trinajstić information content (AvgIpc) is 3.25. The normalized spacial score (nSPS) is 17.3. The maximum atomic E-state index is 2.59. The van der Waals surface area contributed by atoms with Crippen molar-refractivity contribution in [2.75, 3.05) is 0 Å². The van der Waals surface area contributed by atoms with Gasteiger partial charge in [0.2, 0.25) is 0 Å². The summed E-state index contributed by atoms with van der Waals surface area (Å²) < 4.78 is 5.05. The van der Waals surface area contributed by atoms with Gasteiger partial charge in [-0.2, -0.15) is 0 Å². The molecule has 5 rings (SSSR count). The Balaban J connectivity index is 1.78. The smallest absolute Gasteiger partial charge is 0.226 e. The van der Waals surface area contributed by atoms with Crippen molar-refractivity contribution in [1.29, 1.82) is 0 Å². The van der Waals surface area contributed by atoms with E-state index in [0.717, 1.165) is 12.5 Å². The highest BCUT2D eigenvalue weighted by Gasteiger charge is 2.31. The van der Waals surface area contributed by atoms with Crippen LogP contribution in [-0.4, -0.2) is 4.57 Å². The van der Waals surface area contributed by atoms with Crippen LogP contribution in [0.15, 0.2) is 30.3 Å². The molecule has 0 amide bonds. The fourth-order valence-corrected chi connectivity index (χ4v) is 5.39. The molecule has 2 aromatic carbocycles. The Morgan fingerprint density at radius 1 is 1.00 bits per heavy atom. The van der Waals surface area contributed by atoms with Crippen LogP contribution < -0.4 is 4.57 Å². The molecule has 0 N–H and O–H groups in total. The van der Waals surface area contributed by atoms with E-state index in [2.05, 4.69) is 60.4 Å². The van der Waals surface area contributed by atoms with Crippen LogP contribution >= 0.6 is 0 Å². The maximum absolute atomic E-state index is 2.59. The zero-order valence-electron chi connectivity index (χ0n) is 16.3. The van der Waals surface area contributed by atoms with Crippen LogP contribution in [0.3, 0.4) is 0 Å². The van der Waals surface area contributed by atoms with E-state index in [-0.39, 0.29) is 0 Å². The Morgan fingerprint density at radius 3 is 2.58 bits per heavy atom. The van der Waals surface area contributed by atoms with E-state index in [1.165, 1.54) is 72.1 Å². The predicted octanol–water partition coefficient (Wildman–Crippen LogP) is 5.35. The summed E-state index contributed by atoms with van der Waals surface area (Å²) in [7, 11) is 2.26. The highest BCUT2D eigenvalue weighted by Crippen LogP contribution is 2.38. The van der Waals surface area contributed by atoms with Gasteiger partial charge in [-0.15, -0.1) is 0 Å². The SMILES string of the molecule is Cc1ccc(-c2n(C)c3cc(C4CCCC4)cc4c3[n+]2CCC4)c(C)c1. The van der Waals surface area contributed by atoms with Crippen molar-refractivity contribution >= 4 is 11.0 Å². The lowest BCUT2D eigenvalue weighted by Crippen LogP contribution is -2.39. The number of rotatable bonds is 2. The van der Waals surface area contributed by atoms with E-state index in [1.54, 1.807) is 11.1 Å². The van der Waals surface area contributed by atoms with E-state index in [4.69, 9.17) is 0 Å². The highest BCUT2D eigenvalue weighted by atomic mass is 15.2. The largest absolute Gasteiger partial charge is 0.289 e. The van der Waals surface area contributed by atoms with Gasteiger partial charge < -0.3 is 0 Å². The summed E-state index contributed by atoms with van der Waals surface area (Å²) >= 11 is 0. The van der Waals surface area contributed by atoms with E-state index in [9.17, 15) is 0 Å². The summed E-state index contributed by atoms with van der Waals surface area (Å²) in [6.45, 7) is 5.57. The Bertz CT molecular complexity index is 1000. The number of benzene rings is 2. The minimum atomic E-state index is 0.783. The van der Waals surface area contributed by atoms with Crippen molar-refractivity contribution in [3.05, 3.63) is 52.6 Å². The number of aromatic nitrogens is 2. The van der Waals surface area contributed by atoms with Crippen LogP contribution in [0, 0.1) is 13.8 Å². The Morgan fingerprint density at radius 2 is 1.81 bits per heavy atom. The lowest BCUT2D eigenvalue weighted by atomic mass is 9.93. The second kappa shape index (κ2) is 5.97. The molecule has 2 heteroatoms. The van der Waals surface area contributed by atoms with Gasteiger partial charge in [0.1, 0.15) is 0 Å². The van der Waals surface area contributed by atoms with Gasteiger partial charge in [-0.25, -0.2) is 9.13 Å². The minimum Gasteiger partial charge on any atom is -0.226 e. The molecule has 3 aromatic rings. The van der Waals surface area contributed by atoms with Gasteiger partial charge in [0.15, 0.2) is 11.0 Å². The molecule has 0 bridgehead atoms. The fourth-order valence-electron chi connectivity index (χ4n) is 5.39. The predicted molar refractivity (Wildman–Crippen MR) is 108 cm³/mol. The standard InChI is InChI=1S/C24H29N2/c1-16-10-11-21(17(2)13-16)24-25(3)22-15-20(18-7-4-5-8-18)14-19-9-6-12-26(24)23(19)22/h10-11,13-15,18H,4-9,12H2,1-3H3/q+1. The van der Waals surface area contributed by atoms with Gasteiger partial charge >= 0.3 is 0 Å². The molecule has 0 atom stereocenters. The second-order valence-corrected chi connectivity index (χ2v) is 8.49. The molecule has 134 valence electrons. The van der Waals surface area contributed by atoms with Crippen molar-refractivity contribution in [2.45, 2.75) is 64.8 Å². The summed E-state index contributed by atoms with van der Waals surface area (Å²) in [5, 5.41) is 0. The molecule has 26 heavy (non-hydrogen) atoms. The van der Waals surface area contributed by atoms with Gasteiger partial charge in [-0.05, 0) is 68.7 Å². The Labute approximate surface area is 156 Å². The molecule has 0 saturated heterocycles. The van der Waals surface area contributed by atoms with Crippen LogP contribution in [0.4, 0.5) is 0 Å². The van der Waals surface area contributed by atoms with Crippen molar-refractivity contribution in [3.63, 3.8) is 0 Å². The molecule has 0 spiro atoms. The molecule has 1 aromatic heterocycles. The number of aryl methyl sites for hydroxylation is 5. The van der Waals surface area contributed by atoms with Crippen molar-refractivity contribution in [2.24, 2.45) is 7.05 Å². The molecule has 0 radical (unpaired) electrons. The summed E-state index contributed by atoms with van der Waals surface area (Å²) in [4.78, 5) is 0. The number of nitrogens with zero attached hydrogens (tertiary/aromatic N) is 2. The first kappa shape index (κ1) is 16.1. The number of imidazole rings is 1. The van der Waals surface area contributed by atoms with Gasteiger partial charge in [-0.1, -0.05) is 36.6 Å². The van der Waals surface area contributed by atoms with Crippen LogP contribution in [0.2, 0.25) is 0 Å². The van der Waals surface area contributed by atoms with Gasteiger partial charge in [0, 0.05) is 5.56 Å². The zero-order chi connectivity index (χ0) is 17.8. The monoisotopic (exact) mass is 345 g/mol. The molecule has 1 aliphatic carbocycles. The summed E-state index contributed by atoms with van der Waals surface area (Å²) in [5.41, 5.74) is 10.2. The van der Waals surface area contributed by atoms with E-state index in [0.29, 0.717) is 0 Å². The lowest BCUT2D eigenvalue weighted by Gasteiger charge is -2.15. The van der Waals surface area contributed by atoms with Crippen LogP contribution in [0.5, 0.6) is 0 Å². The summed E-state index contributed by atoms with van der Waals surface area (Å²) in [5.74, 6) is 2.16. The van der Waals surface area contributed by atoms with Crippen LogP contribution in [0.1, 0.15) is 60.3 Å². The van der Waals surface area contributed by atoms with E-state index in [1.807, 2.05) is 0 Å². The molecule has 2 aliphatic rings. The third-order valence-electron chi connectivity index (χ3n) is 6.67. The van der Waals surface area contributed by atoms with Crippen molar-refractivity contribution in [3.8, 4) is 11.4 Å². The Hall–Kier alpha value is -2.09. The highest BCUT2D eigenvalue weighted by molar-refractivity contribution is 5.81.